The van der Waals surface area contributed by atoms with Crippen molar-refractivity contribution in [1.82, 2.24) is 25.4 Å². The molecule has 1 aromatic carbocycles. The lowest BCUT2D eigenvalue weighted by Crippen LogP contribution is -2.43. The predicted molar refractivity (Wildman–Crippen MR) is 91.7 cm³/mol. The molecule has 0 spiro atoms. The van der Waals surface area contributed by atoms with Gasteiger partial charge in [0.25, 0.3) is 0 Å². The molecule has 1 saturated carbocycles. The number of imide groups is 1. The van der Waals surface area contributed by atoms with Crippen molar-refractivity contribution in [3.63, 3.8) is 0 Å². The fraction of sp³-hybridized carbons (Fsp3) is 0.375. The number of halogens is 3. The van der Waals surface area contributed by atoms with E-state index in [2.05, 4.69) is 10.2 Å². The van der Waals surface area contributed by atoms with Crippen molar-refractivity contribution in [3.05, 3.63) is 36.2 Å². The number of urea groups is 1. The lowest BCUT2D eigenvalue weighted by molar-refractivity contribution is -0.124. The lowest BCUT2D eigenvalue weighted by atomic mass is 10.3. The first-order valence-corrected chi connectivity index (χ1v) is 9.10. The molecule has 3 amide bonds. The Balaban J connectivity index is 1.61. The molecule has 1 aromatic heterocycles. The van der Waals surface area contributed by atoms with Gasteiger partial charge in [-0.05, 0) is 25.0 Å². The van der Waals surface area contributed by atoms with Crippen LogP contribution in [0, 0.1) is 0 Å². The summed E-state index contributed by atoms with van der Waals surface area (Å²) in [4.78, 5) is 23.1. The molecule has 0 bridgehead atoms. The summed E-state index contributed by atoms with van der Waals surface area (Å²) in [5.74, 6) is 0.228. The van der Waals surface area contributed by atoms with Gasteiger partial charge in [-0.2, -0.15) is 13.2 Å². The number of hydrogen-bond acceptors (Lipinski definition) is 5. The summed E-state index contributed by atoms with van der Waals surface area (Å²) in [6.07, 6.45) is -2.49. The average molecular weight is 399 g/mol. The fourth-order valence-electron chi connectivity index (χ4n) is 2.32. The number of thioether (sulfide) groups is 1. The number of hydrogen-bond donors (Lipinski definition) is 2. The second-order valence-corrected chi connectivity index (χ2v) is 6.86. The maximum Gasteiger partial charge on any atom is 0.405 e. The third-order valence-corrected chi connectivity index (χ3v) is 4.58. The molecule has 1 aliphatic carbocycles. The van der Waals surface area contributed by atoms with E-state index in [-0.39, 0.29) is 5.75 Å². The van der Waals surface area contributed by atoms with Crippen LogP contribution in [0.3, 0.4) is 0 Å². The van der Waals surface area contributed by atoms with Gasteiger partial charge in [0, 0.05) is 11.6 Å². The van der Waals surface area contributed by atoms with E-state index in [1.54, 1.807) is 5.32 Å². The van der Waals surface area contributed by atoms with Gasteiger partial charge < -0.3 is 5.32 Å². The third-order valence-electron chi connectivity index (χ3n) is 3.65. The number of alkyl halides is 3. The topological polar surface area (TPSA) is 88.9 Å². The minimum atomic E-state index is -4.54. The highest BCUT2D eigenvalue weighted by Crippen LogP contribution is 2.41. The maximum absolute atomic E-state index is 12.1. The molecule has 27 heavy (non-hydrogen) atoms. The molecule has 2 N–H and O–H groups in total. The number of nitrogens with one attached hydrogen (secondary N) is 2. The Morgan fingerprint density at radius 2 is 1.89 bits per heavy atom. The van der Waals surface area contributed by atoms with E-state index in [1.807, 2.05) is 40.2 Å². The number of aromatic nitrogens is 3. The monoisotopic (exact) mass is 399 g/mol. The molecule has 0 saturated heterocycles. The van der Waals surface area contributed by atoms with Crippen molar-refractivity contribution in [2.45, 2.75) is 30.1 Å². The van der Waals surface area contributed by atoms with Crippen LogP contribution in [0.2, 0.25) is 0 Å². The van der Waals surface area contributed by atoms with Gasteiger partial charge in [-0.3, -0.25) is 14.7 Å². The van der Waals surface area contributed by atoms with Crippen molar-refractivity contribution in [3.8, 4) is 5.69 Å². The van der Waals surface area contributed by atoms with Crippen molar-refractivity contribution in [1.29, 1.82) is 0 Å². The summed E-state index contributed by atoms with van der Waals surface area (Å²) < 4.78 is 38.0. The van der Waals surface area contributed by atoms with Crippen molar-refractivity contribution in [2.75, 3.05) is 12.3 Å². The number of para-hydroxylation sites is 1. The Bertz CT molecular complexity index is 821. The summed E-state index contributed by atoms with van der Waals surface area (Å²) >= 11 is 1.06. The zero-order valence-electron chi connectivity index (χ0n) is 14.0. The van der Waals surface area contributed by atoms with Crippen LogP contribution in [0.25, 0.3) is 5.69 Å². The van der Waals surface area contributed by atoms with Gasteiger partial charge in [0.2, 0.25) is 5.91 Å². The summed E-state index contributed by atoms with van der Waals surface area (Å²) in [5, 5.41) is 12.2. The number of benzene rings is 1. The molecule has 1 fully saturated rings. The van der Waals surface area contributed by atoms with E-state index < -0.39 is 24.7 Å². The molecule has 0 atom stereocenters. The Morgan fingerprint density at radius 3 is 2.52 bits per heavy atom. The molecule has 11 heteroatoms. The van der Waals surface area contributed by atoms with E-state index >= 15 is 0 Å². The molecule has 144 valence electrons. The SMILES string of the molecule is O=C(CSc1nnc(C2CC2)n1-c1ccccc1)NC(=O)NCC(F)(F)F. The average Bonchev–Trinajstić information content (AvgIpc) is 3.38. The van der Waals surface area contributed by atoms with Crippen LogP contribution in [-0.4, -0.2) is 45.2 Å². The van der Waals surface area contributed by atoms with Crippen LogP contribution >= 0.6 is 11.8 Å². The van der Waals surface area contributed by atoms with Crippen molar-refractivity contribution < 1.29 is 22.8 Å². The highest BCUT2D eigenvalue weighted by Gasteiger charge is 2.31. The van der Waals surface area contributed by atoms with Crippen LogP contribution in [0.15, 0.2) is 35.5 Å². The number of nitrogens with zero attached hydrogens (tertiary/aromatic N) is 3. The van der Waals surface area contributed by atoms with Crippen molar-refractivity contribution in [2.24, 2.45) is 0 Å². The molecular formula is C16H16F3N5O2S. The summed E-state index contributed by atoms with van der Waals surface area (Å²) in [5.41, 5.74) is 0.857. The summed E-state index contributed by atoms with van der Waals surface area (Å²) in [7, 11) is 0. The Morgan fingerprint density at radius 1 is 1.19 bits per heavy atom. The molecule has 3 rings (SSSR count). The standard InChI is InChI=1S/C16H16F3N5O2S/c17-16(18,19)9-20-14(26)21-12(25)8-27-15-23-22-13(10-6-7-10)24(15)11-4-2-1-3-5-11/h1-5,10H,6-9H2,(H2,20,21,25,26). The molecule has 0 radical (unpaired) electrons. The van der Waals surface area contributed by atoms with Gasteiger partial charge >= 0.3 is 12.2 Å². The number of amides is 3. The highest BCUT2D eigenvalue weighted by atomic mass is 32.2. The maximum atomic E-state index is 12.1. The van der Waals surface area contributed by atoms with Crippen LogP contribution < -0.4 is 10.6 Å². The largest absolute Gasteiger partial charge is 0.405 e. The minimum Gasteiger partial charge on any atom is -0.329 e. The number of carbonyl (C=O) groups is 2. The molecule has 7 nitrogen and oxygen atoms in total. The smallest absolute Gasteiger partial charge is 0.329 e. The molecule has 1 aliphatic rings. The Kier molecular flexibility index (Phi) is 5.68. The predicted octanol–water partition coefficient (Wildman–Crippen LogP) is 2.62. The number of rotatable bonds is 6. The van der Waals surface area contributed by atoms with Gasteiger partial charge in [-0.15, -0.1) is 10.2 Å². The second-order valence-electron chi connectivity index (χ2n) is 5.92. The molecule has 0 aliphatic heterocycles. The van der Waals surface area contributed by atoms with Crippen LogP contribution in [-0.2, 0) is 4.79 Å². The summed E-state index contributed by atoms with van der Waals surface area (Å²) in [6, 6.07) is 8.22. The highest BCUT2D eigenvalue weighted by molar-refractivity contribution is 7.99. The Hall–Kier alpha value is -2.56. The van der Waals surface area contributed by atoms with E-state index in [4.69, 9.17) is 0 Å². The zero-order valence-corrected chi connectivity index (χ0v) is 14.8. The Labute approximate surface area is 156 Å². The third kappa shape index (κ3) is 5.46. The zero-order chi connectivity index (χ0) is 19.4. The van der Waals surface area contributed by atoms with Gasteiger partial charge in [0.05, 0.1) is 5.75 Å². The fourth-order valence-corrected chi connectivity index (χ4v) is 3.08. The first-order valence-electron chi connectivity index (χ1n) is 8.11. The van der Waals surface area contributed by atoms with Crippen LogP contribution in [0.4, 0.5) is 18.0 Å². The summed E-state index contributed by atoms with van der Waals surface area (Å²) in [6.45, 7) is -1.51. The van der Waals surface area contributed by atoms with E-state index in [1.165, 1.54) is 0 Å². The van der Waals surface area contributed by atoms with E-state index in [9.17, 15) is 22.8 Å². The van der Waals surface area contributed by atoms with E-state index in [0.717, 1.165) is 36.1 Å². The second kappa shape index (κ2) is 7.99. The van der Waals surface area contributed by atoms with Gasteiger partial charge in [-0.25, -0.2) is 4.79 Å². The lowest BCUT2D eigenvalue weighted by Gasteiger charge is -2.10. The minimum absolute atomic E-state index is 0.185. The van der Waals surface area contributed by atoms with Gasteiger partial charge in [0.15, 0.2) is 5.16 Å². The van der Waals surface area contributed by atoms with Gasteiger partial charge in [0.1, 0.15) is 12.4 Å². The van der Waals surface area contributed by atoms with Crippen LogP contribution in [0.5, 0.6) is 0 Å². The first kappa shape index (κ1) is 19.2. The van der Waals surface area contributed by atoms with Gasteiger partial charge in [-0.1, -0.05) is 30.0 Å². The first-order chi connectivity index (χ1) is 12.8. The molecular weight excluding hydrogens is 383 g/mol. The van der Waals surface area contributed by atoms with Crippen LogP contribution in [0.1, 0.15) is 24.6 Å². The quantitative estimate of drug-likeness (QED) is 0.729. The molecule has 0 unspecified atom stereocenters. The molecule has 1 heterocycles. The van der Waals surface area contributed by atoms with E-state index in [0.29, 0.717) is 11.1 Å². The van der Waals surface area contributed by atoms with Crippen molar-refractivity contribution >= 4 is 23.7 Å². The normalized spacial score (nSPS) is 14.0. The number of carbonyl (C=O) groups excluding carboxylic acids is 2. The molecule has 2 aromatic rings.